The van der Waals surface area contributed by atoms with Gasteiger partial charge < -0.3 is 14.7 Å². The topological polar surface area (TPSA) is 122 Å². The van der Waals surface area contributed by atoms with E-state index in [2.05, 4.69) is 31.7 Å². The molecule has 2 aliphatic carbocycles. The van der Waals surface area contributed by atoms with Crippen LogP contribution < -0.4 is 14.4 Å². The summed E-state index contributed by atoms with van der Waals surface area (Å²) in [6.45, 7) is 5.27. The Kier molecular flexibility index (Phi) is 8.50. The van der Waals surface area contributed by atoms with E-state index in [1.165, 1.54) is 11.1 Å². The fourth-order valence-electron chi connectivity index (χ4n) is 8.46. The highest BCUT2D eigenvalue weighted by molar-refractivity contribution is 7.90. The second kappa shape index (κ2) is 12.3. The Morgan fingerprint density at radius 1 is 1.04 bits per heavy atom. The van der Waals surface area contributed by atoms with Gasteiger partial charge in [0.1, 0.15) is 11.4 Å². The summed E-state index contributed by atoms with van der Waals surface area (Å²) >= 11 is 6.44. The summed E-state index contributed by atoms with van der Waals surface area (Å²) in [5.41, 5.74) is 1.92. The van der Waals surface area contributed by atoms with Gasteiger partial charge in [0.05, 0.1) is 17.5 Å². The first-order chi connectivity index (χ1) is 22.5. The molecular formula is C36H43ClN4O5S. The summed E-state index contributed by atoms with van der Waals surface area (Å²) in [5, 5.41) is 12.4. The first-order valence-electron chi connectivity index (χ1n) is 16.9. The average molecular weight is 679 g/mol. The number of rotatable bonds is 1. The monoisotopic (exact) mass is 678 g/mol. The van der Waals surface area contributed by atoms with E-state index in [0.29, 0.717) is 50.5 Å². The number of halogens is 1. The van der Waals surface area contributed by atoms with Crippen molar-refractivity contribution in [1.29, 1.82) is 0 Å². The molecule has 0 unspecified atom stereocenters. The second-order valence-corrected chi connectivity index (χ2v) is 16.8. The van der Waals surface area contributed by atoms with Gasteiger partial charge >= 0.3 is 0 Å². The van der Waals surface area contributed by atoms with Crippen LogP contribution in [0.4, 0.5) is 5.69 Å². The lowest BCUT2D eigenvalue weighted by atomic mass is 9.62. The van der Waals surface area contributed by atoms with E-state index in [1.54, 1.807) is 43.6 Å². The number of hydrogen-bond donors (Lipinski definition) is 2. The number of aromatic nitrogens is 2. The number of amides is 1. The van der Waals surface area contributed by atoms with Gasteiger partial charge in [0, 0.05) is 41.5 Å². The third kappa shape index (κ3) is 5.91. The quantitative estimate of drug-likeness (QED) is 0.332. The maximum atomic E-state index is 13.5. The maximum Gasteiger partial charge on any atom is 0.264 e. The molecule has 47 heavy (non-hydrogen) atoms. The van der Waals surface area contributed by atoms with Crippen LogP contribution in [0.25, 0.3) is 0 Å². The molecule has 2 N–H and O–H groups in total. The molecule has 2 bridgehead atoms. The maximum absolute atomic E-state index is 13.5. The number of carbonyl (C=O) groups is 1. The van der Waals surface area contributed by atoms with Gasteiger partial charge in [-0.1, -0.05) is 24.6 Å². The average Bonchev–Trinajstić information content (AvgIpc) is 3.19. The number of nitrogens with one attached hydrogen (secondary N) is 1. The highest BCUT2D eigenvalue weighted by Gasteiger charge is 2.51. The molecule has 3 aromatic rings. The van der Waals surface area contributed by atoms with Crippen molar-refractivity contribution in [3.05, 3.63) is 82.4 Å². The van der Waals surface area contributed by atoms with Crippen molar-refractivity contribution in [2.24, 2.45) is 17.8 Å². The number of sulfonamides is 1. The Bertz CT molecular complexity index is 1770. The Labute approximate surface area is 282 Å². The molecule has 7 rings (SSSR count). The van der Waals surface area contributed by atoms with Gasteiger partial charge in [0.25, 0.3) is 5.91 Å². The number of aryl methyl sites for hydroxylation is 1. The minimum absolute atomic E-state index is 0.0817. The molecule has 2 aliphatic heterocycles. The van der Waals surface area contributed by atoms with Crippen molar-refractivity contribution in [1.82, 2.24) is 14.7 Å². The molecule has 6 atom stereocenters. The van der Waals surface area contributed by atoms with E-state index < -0.39 is 26.8 Å². The van der Waals surface area contributed by atoms with Gasteiger partial charge in [-0.2, -0.15) is 0 Å². The van der Waals surface area contributed by atoms with Crippen molar-refractivity contribution in [2.45, 2.75) is 81.5 Å². The minimum atomic E-state index is -3.97. The van der Waals surface area contributed by atoms with Crippen molar-refractivity contribution < 1.29 is 23.1 Å². The van der Waals surface area contributed by atoms with E-state index in [1.807, 2.05) is 13.0 Å². The lowest BCUT2D eigenvalue weighted by Crippen LogP contribution is -2.52. The van der Waals surface area contributed by atoms with Crippen LogP contribution in [0.2, 0.25) is 5.02 Å². The van der Waals surface area contributed by atoms with E-state index in [-0.39, 0.29) is 28.7 Å². The van der Waals surface area contributed by atoms with Gasteiger partial charge in [-0.3, -0.25) is 4.79 Å². The van der Waals surface area contributed by atoms with Crippen LogP contribution in [0.3, 0.4) is 0 Å². The van der Waals surface area contributed by atoms with Crippen LogP contribution in [0, 0.1) is 17.8 Å². The summed E-state index contributed by atoms with van der Waals surface area (Å²) in [4.78, 5) is 24.9. The molecule has 1 fully saturated rings. The third-order valence-electron chi connectivity index (χ3n) is 11.5. The van der Waals surface area contributed by atoms with Crippen molar-refractivity contribution >= 4 is 33.2 Å². The summed E-state index contributed by atoms with van der Waals surface area (Å²) in [5.74, 6) is 0.249. The highest BCUT2D eigenvalue weighted by atomic mass is 35.5. The molecule has 1 spiro atoms. The van der Waals surface area contributed by atoms with Crippen molar-refractivity contribution in [2.75, 3.05) is 24.6 Å². The summed E-state index contributed by atoms with van der Waals surface area (Å²) < 4.78 is 35.8. The second-order valence-electron chi connectivity index (χ2n) is 14.3. The molecule has 9 nitrogen and oxygen atoms in total. The Morgan fingerprint density at radius 2 is 1.85 bits per heavy atom. The first-order valence-corrected chi connectivity index (χ1v) is 18.8. The summed E-state index contributed by atoms with van der Waals surface area (Å²) in [6.07, 6.45) is 9.60. The molecule has 0 radical (unpaired) electrons. The number of aliphatic hydroxyl groups is 1. The van der Waals surface area contributed by atoms with Gasteiger partial charge in [0.15, 0.2) is 5.82 Å². The van der Waals surface area contributed by atoms with E-state index in [9.17, 15) is 18.3 Å². The van der Waals surface area contributed by atoms with Gasteiger partial charge in [-0.05, 0) is 124 Å². The summed E-state index contributed by atoms with van der Waals surface area (Å²) in [6, 6.07) is 13.1. The molecule has 3 heterocycles. The highest BCUT2D eigenvalue weighted by Crippen LogP contribution is 2.51. The number of benzene rings is 2. The lowest BCUT2D eigenvalue weighted by molar-refractivity contribution is -0.101. The fraction of sp³-hybridized carbons (Fsp3) is 0.528. The number of hydrogen-bond acceptors (Lipinski definition) is 8. The standard InChI is InChI=1S/C36H43ClN4O5S/c1-23-6-3-15-36(43,34-38-16-5-17-39-34)30-11-8-27(30)20-41-21-35(14-4-7-25-18-28(37)10-12-29(25)35)22-46-32-13-9-26(19-31(32)41)33(42)40-47(44,45)24(23)2/h5,9-10,12-13,16-19,23-24,27,30,43H,3-4,6-8,11,14-15,20-22H2,1-2H3,(H,40,42)/t23-,24+,27-,30+,35-,36+/m0/s1. The number of fused-ring (bicyclic) bond motifs is 4. The van der Waals surface area contributed by atoms with Crippen molar-refractivity contribution in [3.63, 3.8) is 0 Å². The zero-order chi connectivity index (χ0) is 33.0. The fourth-order valence-corrected chi connectivity index (χ4v) is 9.96. The Balaban J connectivity index is 1.33. The van der Waals surface area contributed by atoms with Crippen LogP contribution in [-0.4, -0.2) is 54.3 Å². The Hall–Kier alpha value is -3.21. The SMILES string of the molecule is C[C@@H]1[C@@H](C)CCC[C@](O)(c2ncccn2)[C@@H]2CC[C@H]2CN2C[C@@]3(CCCc4cc(Cl)ccc43)COc3ccc(cc32)C(=O)NS1(=O)=O. The molecule has 1 amide bonds. The van der Waals surface area contributed by atoms with E-state index in [4.69, 9.17) is 16.3 Å². The molecule has 1 aromatic heterocycles. The third-order valence-corrected chi connectivity index (χ3v) is 13.6. The largest absolute Gasteiger partial charge is 0.490 e. The van der Waals surface area contributed by atoms with Gasteiger partial charge in [0.2, 0.25) is 10.0 Å². The van der Waals surface area contributed by atoms with Gasteiger partial charge in [-0.25, -0.2) is 23.1 Å². The zero-order valence-corrected chi connectivity index (χ0v) is 28.6. The smallest absolute Gasteiger partial charge is 0.264 e. The number of anilines is 1. The predicted octanol–water partition coefficient (Wildman–Crippen LogP) is 5.79. The van der Waals surface area contributed by atoms with Crippen LogP contribution in [-0.2, 0) is 27.5 Å². The van der Waals surface area contributed by atoms with E-state index in [0.717, 1.165) is 42.8 Å². The lowest BCUT2D eigenvalue weighted by Gasteiger charge is -2.49. The van der Waals surface area contributed by atoms with E-state index >= 15 is 0 Å². The van der Waals surface area contributed by atoms with Crippen LogP contribution in [0.5, 0.6) is 5.75 Å². The molecule has 4 aliphatic rings. The minimum Gasteiger partial charge on any atom is -0.490 e. The molecule has 11 heteroatoms. The molecule has 250 valence electrons. The Morgan fingerprint density at radius 3 is 2.62 bits per heavy atom. The molecular weight excluding hydrogens is 636 g/mol. The van der Waals surface area contributed by atoms with Crippen LogP contribution >= 0.6 is 11.6 Å². The van der Waals surface area contributed by atoms with Crippen LogP contribution in [0.1, 0.15) is 86.1 Å². The molecule has 2 aromatic carbocycles. The normalized spacial score (nSPS) is 32.2. The van der Waals surface area contributed by atoms with Crippen LogP contribution in [0.15, 0.2) is 54.9 Å². The first kappa shape index (κ1) is 32.3. The predicted molar refractivity (Wildman–Crippen MR) is 181 cm³/mol. The number of nitrogens with zero attached hydrogens (tertiary/aromatic N) is 3. The molecule has 0 saturated heterocycles. The number of carbonyl (C=O) groups excluding carboxylic acids is 1. The van der Waals surface area contributed by atoms with Gasteiger partial charge in [-0.15, -0.1) is 0 Å². The zero-order valence-electron chi connectivity index (χ0n) is 27.0. The summed E-state index contributed by atoms with van der Waals surface area (Å²) in [7, 11) is -3.97. The number of ether oxygens (including phenoxy) is 1. The molecule has 1 saturated carbocycles. The van der Waals surface area contributed by atoms with Crippen molar-refractivity contribution in [3.8, 4) is 5.75 Å².